The summed E-state index contributed by atoms with van der Waals surface area (Å²) in [6, 6.07) is 17.6. The molecule has 1 atom stereocenters. The van der Waals surface area contributed by atoms with Crippen molar-refractivity contribution in [3.05, 3.63) is 65.7 Å². The first kappa shape index (κ1) is 20.9. The number of amides is 2. The SMILES string of the molecule is Cc1ccc(O[C@@H](C)C(=O)N2CCN(CC(=O)NCc3ccccc3)CC2)cc1. The zero-order valence-corrected chi connectivity index (χ0v) is 17.1. The number of nitrogens with zero attached hydrogens (tertiary/aromatic N) is 2. The molecular weight excluding hydrogens is 366 g/mol. The van der Waals surface area contributed by atoms with Crippen LogP contribution in [0.5, 0.6) is 5.75 Å². The topological polar surface area (TPSA) is 61.9 Å². The third-order valence-corrected chi connectivity index (χ3v) is 5.07. The number of hydrogen-bond donors (Lipinski definition) is 1. The highest BCUT2D eigenvalue weighted by Gasteiger charge is 2.26. The maximum absolute atomic E-state index is 12.7. The lowest BCUT2D eigenvalue weighted by molar-refractivity contribution is -0.139. The van der Waals surface area contributed by atoms with E-state index in [0.29, 0.717) is 45.0 Å². The van der Waals surface area contributed by atoms with Crippen LogP contribution in [0.25, 0.3) is 0 Å². The van der Waals surface area contributed by atoms with Gasteiger partial charge in [-0.3, -0.25) is 14.5 Å². The summed E-state index contributed by atoms with van der Waals surface area (Å²) in [4.78, 5) is 28.7. The Morgan fingerprint density at radius 3 is 2.31 bits per heavy atom. The Kier molecular flexibility index (Phi) is 7.25. The molecule has 0 unspecified atom stereocenters. The molecule has 6 heteroatoms. The van der Waals surface area contributed by atoms with Crippen molar-refractivity contribution in [3.8, 4) is 5.75 Å². The monoisotopic (exact) mass is 395 g/mol. The van der Waals surface area contributed by atoms with Crippen molar-refractivity contribution in [1.82, 2.24) is 15.1 Å². The molecule has 1 fully saturated rings. The predicted molar refractivity (Wildman–Crippen MR) is 113 cm³/mol. The van der Waals surface area contributed by atoms with Crippen LogP contribution < -0.4 is 10.1 Å². The second kappa shape index (κ2) is 10.1. The average molecular weight is 396 g/mol. The van der Waals surface area contributed by atoms with E-state index in [2.05, 4.69) is 10.2 Å². The molecule has 0 spiro atoms. The standard InChI is InChI=1S/C23H29N3O3/c1-18-8-10-21(11-9-18)29-19(2)23(28)26-14-12-25(13-15-26)17-22(27)24-16-20-6-4-3-5-7-20/h3-11,19H,12-17H2,1-2H3,(H,24,27)/t19-/m0/s1. The van der Waals surface area contributed by atoms with Gasteiger partial charge in [0.1, 0.15) is 5.75 Å². The minimum absolute atomic E-state index is 0.00435. The summed E-state index contributed by atoms with van der Waals surface area (Å²) >= 11 is 0. The molecule has 1 saturated heterocycles. The van der Waals surface area contributed by atoms with E-state index in [4.69, 9.17) is 4.74 Å². The molecule has 0 bridgehead atoms. The molecule has 2 aromatic carbocycles. The van der Waals surface area contributed by atoms with Gasteiger partial charge in [-0.2, -0.15) is 0 Å². The average Bonchev–Trinajstić information content (AvgIpc) is 2.74. The normalized spacial score (nSPS) is 15.6. The van der Waals surface area contributed by atoms with Gasteiger partial charge in [-0.1, -0.05) is 48.0 Å². The Morgan fingerprint density at radius 2 is 1.66 bits per heavy atom. The lowest BCUT2D eigenvalue weighted by Gasteiger charge is -2.35. The summed E-state index contributed by atoms with van der Waals surface area (Å²) in [5.74, 6) is 0.689. The Labute approximate surface area is 172 Å². The van der Waals surface area contributed by atoms with Crippen LogP contribution in [0.3, 0.4) is 0 Å². The number of nitrogens with one attached hydrogen (secondary N) is 1. The highest BCUT2D eigenvalue weighted by molar-refractivity contribution is 5.81. The number of hydrogen-bond acceptors (Lipinski definition) is 4. The van der Waals surface area contributed by atoms with Gasteiger partial charge in [0.15, 0.2) is 6.10 Å². The molecule has 0 aromatic heterocycles. The zero-order valence-electron chi connectivity index (χ0n) is 17.1. The van der Waals surface area contributed by atoms with Crippen molar-refractivity contribution < 1.29 is 14.3 Å². The van der Waals surface area contributed by atoms with Gasteiger partial charge >= 0.3 is 0 Å². The van der Waals surface area contributed by atoms with Gasteiger partial charge < -0.3 is 15.0 Å². The summed E-state index contributed by atoms with van der Waals surface area (Å²) < 4.78 is 5.78. The first-order valence-corrected chi connectivity index (χ1v) is 10.1. The molecule has 0 radical (unpaired) electrons. The molecule has 3 rings (SSSR count). The first-order valence-electron chi connectivity index (χ1n) is 10.1. The summed E-state index contributed by atoms with van der Waals surface area (Å²) in [6.45, 7) is 7.25. The Balaban J connectivity index is 1.39. The van der Waals surface area contributed by atoms with Gasteiger partial charge in [-0.05, 0) is 31.5 Å². The van der Waals surface area contributed by atoms with E-state index in [-0.39, 0.29) is 11.8 Å². The van der Waals surface area contributed by atoms with E-state index in [9.17, 15) is 9.59 Å². The third-order valence-electron chi connectivity index (χ3n) is 5.07. The maximum atomic E-state index is 12.7. The smallest absolute Gasteiger partial charge is 0.263 e. The number of aryl methyl sites for hydroxylation is 1. The number of rotatable bonds is 7. The second-order valence-electron chi connectivity index (χ2n) is 7.44. The summed E-state index contributed by atoms with van der Waals surface area (Å²) in [7, 11) is 0. The first-order chi connectivity index (χ1) is 14.0. The van der Waals surface area contributed by atoms with Crippen LogP contribution >= 0.6 is 0 Å². The van der Waals surface area contributed by atoms with Crippen LogP contribution in [0, 0.1) is 6.92 Å². The van der Waals surface area contributed by atoms with Gasteiger partial charge in [0.05, 0.1) is 6.54 Å². The zero-order chi connectivity index (χ0) is 20.6. The van der Waals surface area contributed by atoms with Crippen molar-refractivity contribution >= 4 is 11.8 Å². The molecule has 1 heterocycles. The van der Waals surface area contributed by atoms with E-state index in [1.54, 1.807) is 6.92 Å². The van der Waals surface area contributed by atoms with Crippen LogP contribution in [0.1, 0.15) is 18.1 Å². The van der Waals surface area contributed by atoms with Gasteiger partial charge in [-0.15, -0.1) is 0 Å². The quantitative estimate of drug-likeness (QED) is 0.781. The molecule has 154 valence electrons. The molecule has 2 amide bonds. The Hall–Kier alpha value is -2.86. The number of benzene rings is 2. The molecule has 6 nitrogen and oxygen atoms in total. The van der Waals surface area contributed by atoms with E-state index < -0.39 is 6.10 Å². The van der Waals surface area contributed by atoms with Crippen molar-refractivity contribution in [2.45, 2.75) is 26.5 Å². The molecule has 0 aliphatic carbocycles. The molecule has 1 N–H and O–H groups in total. The van der Waals surface area contributed by atoms with Crippen LogP contribution in [0.15, 0.2) is 54.6 Å². The van der Waals surface area contributed by atoms with Gasteiger partial charge in [0.2, 0.25) is 5.91 Å². The summed E-state index contributed by atoms with van der Waals surface area (Å²) in [5, 5.41) is 2.95. The predicted octanol–water partition coefficient (Wildman–Crippen LogP) is 2.22. The minimum atomic E-state index is -0.529. The summed E-state index contributed by atoms with van der Waals surface area (Å²) in [5.41, 5.74) is 2.24. The molecule has 1 aliphatic heterocycles. The van der Waals surface area contributed by atoms with Gasteiger partial charge in [-0.25, -0.2) is 0 Å². The highest BCUT2D eigenvalue weighted by Crippen LogP contribution is 2.15. The van der Waals surface area contributed by atoms with Crippen molar-refractivity contribution in [2.24, 2.45) is 0 Å². The van der Waals surface area contributed by atoms with Gasteiger partial charge in [0.25, 0.3) is 5.91 Å². The Bertz CT molecular complexity index is 800. The van der Waals surface area contributed by atoms with Gasteiger partial charge in [0, 0.05) is 32.7 Å². The number of carbonyl (C=O) groups is 2. The van der Waals surface area contributed by atoms with E-state index >= 15 is 0 Å². The summed E-state index contributed by atoms with van der Waals surface area (Å²) in [6.07, 6.45) is -0.529. The van der Waals surface area contributed by atoms with Crippen LogP contribution in [0.2, 0.25) is 0 Å². The fourth-order valence-corrected chi connectivity index (χ4v) is 3.31. The lowest BCUT2D eigenvalue weighted by atomic mass is 10.2. The molecule has 1 aliphatic rings. The molecule has 2 aromatic rings. The fourth-order valence-electron chi connectivity index (χ4n) is 3.31. The van der Waals surface area contributed by atoms with E-state index in [1.165, 1.54) is 0 Å². The number of carbonyl (C=O) groups excluding carboxylic acids is 2. The van der Waals surface area contributed by atoms with Crippen LogP contribution in [-0.2, 0) is 16.1 Å². The van der Waals surface area contributed by atoms with Crippen molar-refractivity contribution in [1.29, 1.82) is 0 Å². The Morgan fingerprint density at radius 1 is 1.00 bits per heavy atom. The van der Waals surface area contributed by atoms with Crippen molar-refractivity contribution in [2.75, 3.05) is 32.7 Å². The fraction of sp³-hybridized carbons (Fsp3) is 0.391. The number of ether oxygens (including phenoxy) is 1. The van der Waals surface area contributed by atoms with Crippen LogP contribution in [0.4, 0.5) is 0 Å². The molecular formula is C23H29N3O3. The lowest BCUT2D eigenvalue weighted by Crippen LogP contribution is -2.53. The van der Waals surface area contributed by atoms with E-state index in [0.717, 1.165) is 11.1 Å². The largest absolute Gasteiger partial charge is 0.481 e. The second-order valence-corrected chi connectivity index (χ2v) is 7.44. The molecule has 29 heavy (non-hydrogen) atoms. The third kappa shape index (κ3) is 6.32. The van der Waals surface area contributed by atoms with E-state index in [1.807, 2.05) is 66.4 Å². The molecule has 0 saturated carbocycles. The van der Waals surface area contributed by atoms with Crippen molar-refractivity contribution in [3.63, 3.8) is 0 Å². The highest BCUT2D eigenvalue weighted by atomic mass is 16.5. The maximum Gasteiger partial charge on any atom is 0.263 e. The number of piperazine rings is 1. The minimum Gasteiger partial charge on any atom is -0.481 e. The van der Waals surface area contributed by atoms with Crippen LogP contribution in [-0.4, -0.2) is 60.4 Å².